The molecule has 0 saturated heterocycles. The van der Waals surface area contributed by atoms with Gasteiger partial charge < -0.3 is 5.11 Å². The van der Waals surface area contributed by atoms with Crippen molar-refractivity contribution in [3.63, 3.8) is 0 Å². The minimum atomic E-state index is -0.179. The first-order valence-corrected chi connectivity index (χ1v) is 3.47. The molecule has 0 amide bonds. The van der Waals surface area contributed by atoms with Crippen LogP contribution in [0.5, 0.6) is 0 Å². The summed E-state index contributed by atoms with van der Waals surface area (Å²) >= 11 is 0. The molecule has 0 bridgehead atoms. The van der Waals surface area contributed by atoms with Gasteiger partial charge in [-0.25, -0.2) is 0 Å². The molecule has 0 spiro atoms. The Kier molecular flexibility index (Phi) is 4.41. The van der Waals surface area contributed by atoms with E-state index in [4.69, 9.17) is 5.11 Å². The molecule has 1 heteroatoms. The van der Waals surface area contributed by atoms with Crippen LogP contribution in [0, 0.1) is 5.92 Å². The topological polar surface area (TPSA) is 20.2 Å². The Balaban J connectivity index is 3.38. The molecule has 54 valence electrons. The summed E-state index contributed by atoms with van der Waals surface area (Å²) in [5.74, 6) is 0.390. The van der Waals surface area contributed by atoms with Crippen LogP contribution >= 0.6 is 0 Å². The second-order valence-corrected chi connectivity index (χ2v) is 2.52. The second-order valence-electron chi connectivity index (χ2n) is 2.52. The highest BCUT2D eigenvalue weighted by molar-refractivity contribution is 4.80. The van der Waals surface area contributed by atoms with Crippen LogP contribution in [0.3, 0.4) is 0 Å². The highest BCUT2D eigenvalue weighted by Crippen LogP contribution is 2.07. The molecule has 0 aromatic heterocycles. The van der Waals surface area contributed by atoms with Gasteiger partial charge in [-0.1, -0.05) is 19.1 Å². The van der Waals surface area contributed by atoms with Gasteiger partial charge in [0.05, 0.1) is 6.10 Å². The molecule has 1 nitrogen and oxygen atoms in total. The molecule has 0 fully saturated rings. The Morgan fingerprint density at radius 1 is 1.44 bits per heavy atom. The van der Waals surface area contributed by atoms with Crippen LogP contribution in [-0.2, 0) is 0 Å². The molecule has 2 atom stereocenters. The Labute approximate surface area is 57.4 Å². The second kappa shape index (κ2) is 4.57. The van der Waals surface area contributed by atoms with Gasteiger partial charge >= 0.3 is 0 Å². The van der Waals surface area contributed by atoms with Crippen LogP contribution in [0.25, 0.3) is 0 Å². The molecular formula is C8H16O. The van der Waals surface area contributed by atoms with Gasteiger partial charge in [-0.3, -0.25) is 0 Å². The van der Waals surface area contributed by atoms with Crippen molar-refractivity contribution in [2.24, 2.45) is 5.92 Å². The first-order valence-electron chi connectivity index (χ1n) is 3.47. The lowest BCUT2D eigenvalue weighted by Crippen LogP contribution is -2.11. The number of hydrogen-bond donors (Lipinski definition) is 1. The monoisotopic (exact) mass is 128 g/mol. The number of aliphatic hydroxyl groups is 1. The van der Waals surface area contributed by atoms with Gasteiger partial charge in [0.15, 0.2) is 0 Å². The van der Waals surface area contributed by atoms with Crippen LogP contribution in [0.15, 0.2) is 12.2 Å². The van der Waals surface area contributed by atoms with E-state index in [1.54, 1.807) is 0 Å². The van der Waals surface area contributed by atoms with Crippen molar-refractivity contribution >= 4 is 0 Å². The van der Waals surface area contributed by atoms with Crippen molar-refractivity contribution in [2.45, 2.75) is 33.3 Å². The molecule has 0 saturated carbocycles. The average Bonchev–Trinajstić information content (AvgIpc) is 1.82. The molecule has 0 heterocycles. The van der Waals surface area contributed by atoms with Gasteiger partial charge in [0.2, 0.25) is 0 Å². The third-order valence-electron chi connectivity index (χ3n) is 1.57. The normalized spacial score (nSPS) is 18.2. The molecule has 9 heavy (non-hydrogen) atoms. The molecule has 0 aliphatic carbocycles. The molecular weight excluding hydrogens is 112 g/mol. The lowest BCUT2D eigenvalue weighted by molar-refractivity contribution is 0.136. The highest BCUT2D eigenvalue weighted by atomic mass is 16.3. The summed E-state index contributed by atoms with van der Waals surface area (Å²) < 4.78 is 0. The van der Waals surface area contributed by atoms with E-state index in [-0.39, 0.29) is 6.10 Å². The van der Waals surface area contributed by atoms with Crippen molar-refractivity contribution in [1.29, 1.82) is 0 Å². The fraction of sp³-hybridized carbons (Fsp3) is 0.750. The minimum absolute atomic E-state index is 0.179. The fourth-order valence-electron chi connectivity index (χ4n) is 0.548. The zero-order valence-electron chi connectivity index (χ0n) is 6.46. The Bertz CT molecular complexity index is 84.6. The Hall–Kier alpha value is -0.300. The smallest absolute Gasteiger partial charge is 0.0540 e. The lowest BCUT2D eigenvalue weighted by atomic mass is 10.0. The maximum Gasteiger partial charge on any atom is 0.0540 e. The van der Waals surface area contributed by atoms with Crippen LogP contribution < -0.4 is 0 Å². The molecule has 0 aliphatic rings. The number of allylic oxidation sites excluding steroid dienone is 2. The van der Waals surface area contributed by atoms with E-state index in [0.717, 1.165) is 6.42 Å². The van der Waals surface area contributed by atoms with Crippen LogP contribution in [0.4, 0.5) is 0 Å². The van der Waals surface area contributed by atoms with E-state index < -0.39 is 0 Å². The van der Waals surface area contributed by atoms with Gasteiger partial charge in [-0.2, -0.15) is 0 Å². The summed E-state index contributed by atoms with van der Waals surface area (Å²) in [6, 6.07) is 0. The van der Waals surface area contributed by atoms with Crippen molar-refractivity contribution in [2.75, 3.05) is 0 Å². The molecule has 0 aromatic rings. The number of aliphatic hydroxyl groups excluding tert-OH is 1. The van der Waals surface area contributed by atoms with Gasteiger partial charge in [0, 0.05) is 0 Å². The van der Waals surface area contributed by atoms with E-state index in [2.05, 4.69) is 6.08 Å². The number of hydrogen-bond acceptors (Lipinski definition) is 1. The van der Waals surface area contributed by atoms with E-state index in [0.29, 0.717) is 5.92 Å². The first kappa shape index (κ1) is 8.70. The summed E-state index contributed by atoms with van der Waals surface area (Å²) in [6.45, 7) is 5.87. The van der Waals surface area contributed by atoms with Crippen molar-refractivity contribution in [1.82, 2.24) is 0 Å². The summed E-state index contributed by atoms with van der Waals surface area (Å²) in [6.07, 6.45) is 4.89. The molecule has 1 N–H and O–H groups in total. The summed E-state index contributed by atoms with van der Waals surface area (Å²) in [5.41, 5.74) is 0. The van der Waals surface area contributed by atoms with Gasteiger partial charge in [-0.15, -0.1) is 0 Å². The molecule has 0 radical (unpaired) electrons. The van der Waals surface area contributed by atoms with Crippen LogP contribution in [0.1, 0.15) is 27.2 Å². The fourth-order valence-corrected chi connectivity index (χ4v) is 0.548. The SMILES string of the molecule is CC=CCC(C)C(C)O. The van der Waals surface area contributed by atoms with E-state index in [1.165, 1.54) is 0 Å². The summed E-state index contributed by atoms with van der Waals surface area (Å²) in [7, 11) is 0. The molecule has 2 unspecified atom stereocenters. The summed E-state index contributed by atoms with van der Waals surface area (Å²) in [4.78, 5) is 0. The molecule has 0 rings (SSSR count). The standard InChI is InChI=1S/C8H16O/c1-4-5-6-7(2)8(3)9/h4-5,7-9H,6H2,1-3H3. The molecule has 0 aliphatic heterocycles. The lowest BCUT2D eigenvalue weighted by Gasteiger charge is -2.10. The van der Waals surface area contributed by atoms with E-state index in [1.807, 2.05) is 26.8 Å². The van der Waals surface area contributed by atoms with Crippen LogP contribution in [-0.4, -0.2) is 11.2 Å². The zero-order chi connectivity index (χ0) is 7.28. The van der Waals surface area contributed by atoms with E-state index >= 15 is 0 Å². The zero-order valence-corrected chi connectivity index (χ0v) is 6.46. The number of rotatable bonds is 3. The third kappa shape index (κ3) is 4.22. The quantitative estimate of drug-likeness (QED) is 0.576. The van der Waals surface area contributed by atoms with Crippen molar-refractivity contribution in [3.8, 4) is 0 Å². The maximum absolute atomic E-state index is 9.01. The van der Waals surface area contributed by atoms with Gasteiger partial charge in [0.1, 0.15) is 0 Å². The van der Waals surface area contributed by atoms with Crippen molar-refractivity contribution < 1.29 is 5.11 Å². The first-order chi connectivity index (χ1) is 4.18. The minimum Gasteiger partial charge on any atom is -0.393 e. The highest BCUT2D eigenvalue weighted by Gasteiger charge is 2.04. The summed E-state index contributed by atoms with van der Waals surface area (Å²) in [5, 5.41) is 9.01. The molecule has 0 aromatic carbocycles. The maximum atomic E-state index is 9.01. The van der Waals surface area contributed by atoms with Crippen LogP contribution in [0.2, 0.25) is 0 Å². The Morgan fingerprint density at radius 3 is 2.33 bits per heavy atom. The largest absolute Gasteiger partial charge is 0.393 e. The van der Waals surface area contributed by atoms with Gasteiger partial charge in [-0.05, 0) is 26.2 Å². The predicted octanol–water partition coefficient (Wildman–Crippen LogP) is 1.97. The van der Waals surface area contributed by atoms with E-state index in [9.17, 15) is 0 Å². The third-order valence-corrected chi connectivity index (χ3v) is 1.57. The predicted molar refractivity (Wildman–Crippen MR) is 40.3 cm³/mol. The van der Waals surface area contributed by atoms with Crippen molar-refractivity contribution in [3.05, 3.63) is 12.2 Å². The average molecular weight is 128 g/mol. The Morgan fingerprint density at radius 2 is 2.00 bits per heavy atom. The van der Waals surface area contributed by atoms with Gasteiger partial charge in [0.25, 0.3) is 0 Å².